The lowest BCUT2D eigenvalue weighted by Crippen LogP contribution is -2.25. The number of ether oxygens (including phenoxy) is 1. The van der Waals surface area contributed by atoms with Gasteiger partial charge in [0.2, 0.25) is 5.88 Å². The van der Waals surface area contributed by atoms with Crippen molar-refractivity contribution >= 4 is 40.2 Å². The molecule has 0 aliphatic rings. The van der Waals surface area contributed by atoms with E-state index < -0.39 is 16.1 Å². The predicted octanol–water partition coefficient (Wildman–Crippen LogP) is 3.17. The Morgan fingerprint density at radius 1 is 1.29 bits per heavy atom. The Morgan fingerprint density at radius 3 is 2.62 bits per heavy atom. The first kappa shape index (κ1) is 16.0. The van der Waals surface area contributed by atoms with Crippen molar-refractivity contribution in [3.63, 3.8) is 0 Å². The van der Waals surface area contributed by atoms with Crippen LogP contribution in [-0.2, 0) is 11.4 Å². The molecule has 1 atom stereocenters. The number of fused-ring (bicyclic) bond motifs is 1. The van der Waals surface area contributed by atoms with Gasteiger partial charge in [-0.25, -0.2) is 9.97 Å². The lowest BCUT2D eigenvalue weighted by molar-refractivity contribution is 0.397. The smallest absolute Gasteiger partial charge is 0.242 e. The van der Waals surface area contributed by atoms with Gasteiger partial charge >= 0.3 is 0 Å². The highest BCUT2D eigenvalue weighted by Crippen LogP contribution is 2.22. The number of rotatable bonds is 3. The molecule has 7 heteroatoms. The summed E-state index contributed by atoms with van der Waals surface area (Å²) in [7, 11) is 1.50. The van der Waals surface area contributed by atoms with Crippen LogP contribution in [0.15, 0.2) is 22.6 Å². The molecule has 0 saturated carbocycles. The van der Waals surface area contributed by atoms with Crippen molar-refractivity contribution in [3.05, 3.63) is 28.9 Å². The number of aromatic nitrogens is 2. The number of hydrogen-bond donors (Lipinski definition) is 0. The molecule has 0 spiro atoms. The zero-order chi connectivity index (χ0) is 15.6. The highest BCUT2D eigenvalue weighted by molar-refractivity contribution is 7.91. The number of methoxy groups -OCH3 is 1. The first-order valence-corrected chi connectivity index (χ1v) is 7.77. The molecular weight excluding hydrogens is 310 g/mol. The van der Waals surface area contributed by atoms with Crippen LogP contribution in [0.2, 0.25) is 5.02 Å². The summed E-state index contributed by atoms with van der Waals surface area (Å²) in [5.74, 6) is 0.333. The van der Waals surface area contributed by atoms with E-state index in [1.807, 2.05) is 20.8 Å². The van der Waals surface area contributed by atoms with Crippen LogP contribution >= 0.6 is 11.6 Å². The van der Waals surface area contributed by atoms with Crippen LogP contribution < -0.4 is 4.74 Å². The third-order valence-electron chi connectivity index (χ3n) is 2.61. The van der Waals surface area contributed by atoms with Crippen LogP contribution in [0.25, 0.3) is 11.0 Å². The third kappa shape index (κ3) is 3.84. The summed E-state index contributed by atoms with van der Waals surface area (Å²) in [6.45, 7) is 5.55. The van der Waals surface area contributed by atoms with Crippen molar-refractivity contribution in [2.24, 2.45) is 4.40 Å². The molecule has 112 valence electrons. The SMILES string of the molecule is COc1nc2ccc(Cl)cc2nc1C=N[S@+]([O-])C(C)(C)C. The van der Waals surface area contributed by atoms with E-state index in [2.05, 4.69) is 14.4 Å². The zero-order valence-electron chi connectivity index (χ0n) is 12.3. The normalized spacial score (nSPS) is 13.8. The van der Waals surface area contributed by atoms with Gasteiger partial charge in [-0.1, -0.05) is 16.0 Å². The van der Waals surface area contributed by atoms with E-state index >= 15 is 0 Å². The second-order valence-corrected chi connectivity index (χ2v) is 7.72. The maximum Gasteiger partial charge on any atom is 0.242 e. The maximum atomic E-state index is 12.0. The fourth-order valence-electron chi connectivity index (χ4n) is 1.52. The van der Waals surface area contributed by atoms with Gasteiger partial charge in [0.1, 0.15) is 28.0 Å². The number of nitrogens with zero attached hydrogens (tertiary/aromatic N) is 3. The first-order valence-electron chi connectivity index (χ1n) is 6.28. The van der Waals surface area contributed by atoms with Crippen LogP contribution in [0.5, 0.6) is 5.88 Å². The molecule has 2 rings (SSSR count). The van der Waals surface area contributed by atoms with E-state index in [1.165, 1.54) is 13.3 Å². The molecule has 0 amide bonds. The van der Waals surface area contributed by atoms with Crippen molar-refractivity contribution in [1.82, 2.24) is 9.97 Å². The molecule has 0 fully saturated rings. The lowest BCUT2D eigenvalue weighted by atomic mass is 10.3. The fraction of sp³-hybridized carbons (Fsp3) is 0.357. The van der Waals surface area contributed by atoms with Gasteiger partial charge in [-0.05, 0) is 39.0 Å². The lowest BCUT2D eigenvalue weighted by Gasteiger charge is -2.17. The second kappa shape index (κ2) is 6.17. The Balaban J connectivity index is 2.44. The number of benzene rings is 1. The Kier molecular flexibility index (Phi) is 4.70. The van der Waals surface area contributed by atoms with Crippen molar-refractivity contribution < 1.29 is 9.29 Å². The van der Waals surface area contributed by atoms with Crippen LogP contribution in [0, 0.1) is 0 Å². The van der Waals surface area contributed by atoms with E-state index in [1.54, 1.807) is 18.2 Å². The van der Waals surface area contributed by atoms with Crippen LogP contribution in [0.1, 0.15) is 26.5 Å². The molecule has 0 aliphatic heterocycles. The van der Waals surface area contributed by atoms with Crippen molar-refractivity contribution in [1.29, 1.82) is 0 Å². The number of halogens is 1. The van der Waals surface area contributed by atoms with Gasteiger partial charge in [-0.2, -0.15) is 0 Å². The summed E-state index contributed by atoms with van der Waals surface area (Å²) in [5.41, 5.74) is 1.72. The second-order valence-electron chi connectivity index (χ2n) is 5.35. The van der Waals surface area contributed by atoms with E-state index in [4.69, 9.17) is 16.3 Å². The highest BCUT2D eigenvalue weighted by atomic mass is 35.5. The minimum Gasteiger partial charge on any atom is -0.591 e. The van der Waals surface area contributed by atoms with Crippen molar-refractivity contribution in [2.45, 2.75) is 25.5 Å². The average molecular weight is 326 g/mol. The van der Waals surface area contributed by atoms with Crippen LogP contribution in [0.4, 0.5) is 0 Å². The molecule has 5 nitrogen and oxygen atoms in total. The topological polar surface area (TPSA) is 70.4 Å². The maximum absolute atomic E-state index is 12.0. The summed E-state index contributed by atoms with van der Waals surface area (Å²) in [4.78, 5) is 8.75. The molecule has 0 saturated heterocycles. The Labute approximate surface area is 131 Å². The quantitative estimate of drug-likeness (QED) is 0.642. The Bertz CT molecular complexity index is 686. The van der Waals surface area contributed by atoms with E-state index in [9.17, 15) is 4.55 Å². The zero-order valence-corrected chi connectivity index (χ0v) is 13.8. The van der Waals surface area contributed by atoms with Gasteiger partial charge in [0.25, 0.3) is 0 Å². The van der Waals surface area contributed by atoms with Crippen LogP contribution in [-0.4, -0.2) is 32.6 Å². The molecule has 1 heterocycles. The molecule has 0 N–H and O–H groups in total. The molecule has 0 bridgehead atoms. The molecule has 2 aromatic rings. The largest absolute Gasteiger partial charge is 0.591 e. The molecule has 1 aromatic carbocycles. The number of hydrogen-bond acceptors (Lipinski definition) is 5. The Hall–Kier alpha value is -1.37. The van der Waals surface area contributed by atoms with Gasteiger partial charge in [0.15, 0.2) is 0 Å². The van der Waals surface area contributed by atoms with Gasteiger partial charge in [0, 0.05) is 5.02 Å². The molecule has 0 aliphatic carbocycles. The summed E-state index contributed by atoms with van der Waals surface area (Å²) in [6, 6.07) is 5.21. The van der Waals surface area contributed by atoms with Crippen LogP contribution in [0.3, 0.4) is 0 Å². The van der Waals surface area contributed by atoms with E-state index in [0.717, 1.165) is 0 Å². The van der Waals surface area contributed by atoms with Gasteiger partial charge < -0.3 is 9.29 Å². The summed E-state index contributed by atoms with van der Waals surface area (Å²) >= 11 is 4.58. The monoisotopic (exact) mass is 325 g/mol. The average Bonchev–Trinajstić information content (AvgIpc) is 2.42. The van der Waals surface area contributed by atoms with Gasteiger partial charge in [-0.15, -0.1) is 0 Å². The minimum absolute atomic E-state index is 0.333. The standard InChI is InChI=1S/C14H16ClN3O2S/c1-14(2,3)21(19)16-8-12-13(20-4)18-10-6-5-9(15)7-11(10)17-12/h5-8H,1-4H3/t21-/m1/s1. The summed E-state index contributed by atoms with van der Waals surface area (Å²) in [5, 5.41) is 0.572. The summed E-state index contributed by atoms with van der Waals surface area (Å²) in [6.07, 6.45) is 1.42. The molecule has 21 heavy (non-hydrogen) atoms. The van der Waals surface area contributed by atoms with E-state index in [-0.39, 0.29) is 0 Å². The highest BCUT2D eigenvalue weighted by Gasteiger charge is 2.26. The predicted molar refractivity (Wildman–Crippen MR) is 86.6 cm³/mol. The molecule has 0 unspecified atom stereocenters. The fourth-order valence-corrected chi connectivity index (χ4v) is 2.19. The molecule has 0 radical (unpaired) electrons. The van der Waals surface area contributed by atoms with E-state index in [0.29, 0.717) is 27.6 Å². The van der Waals surface area contributed by atoms with Crippen molar-refractivity contribution in [3.8, 4) is 5.88 Å². The van der Waals surface area contributed by atoms with Crippen molar-refractivity contribution in [2.75, 3.05) is 7.11 Å². The first-order chi connectivity index (χ1) is 9.81. The molecule has 1 aromatic heterocycles. The Morgan fingerprint density at radius 2 is 2.00 bits per heavy atom. The summed E-state index contributed by atoms with van der Waals surface area (Å²) < 4.78 is 20.8. The van der Waals surface area contributed by atoms with Gasteiger partial charge in [0.05, 0.1) is 18.1 Å². The molecular formula is C14H16ClN3O2S. The van der Waals surface area contributed by atoms with Gasteiger partial charge in [-0.3, -0.25) is 0 Å². The minimum atomic E-state index is -1.37. The third-order valence-corrected chi connectivity index (χ3v) is 4.19.